The first-order valence-corrected chi connectivity index (χ1v) is 10.7. The van der Waals surface area contributed by atoms with E-state index in [4.69, 9.17) is 4.74 Å². The Labute approximate surface area is 164 Å². The molecule has 3 aliphatic rings. The molecule has 1 aromatic rings. The van der Waals surface area contributed by atoms with Crippen LogP contribution in [0.3, 0.4) is 0 Å². The summed E-state index contributed by atoms with van der Waals surface area (Å²) in [7, 11) is 0. The van der Waals surface area contributed by atoms with E-state index in [2.05, 4.69) is 12.2 Å². The highest BCUT2D eigenvalue weighted by Gasteiger charge is 2.37. The number of morpholine rings is 1. The summed E-state index contributed by atoms with van der Waals surface area (Å²) in [5.41, 5.74) is 1.42. The number of hydrogen-bond donors (Lipinski definition) is 3. The molecule has 3 aliphatic heterocycles. The van der Waals surface area contributed by atoms with Crippen LogP contribution in [0.1, 0.15) is 17.3 Å². The summed E-state index contributed by atoms with van der Waals surface area (Å²) >= 11 is 1.60. The van der Waals surface area contributed by atoms with Crippen LogP contribution in [0.15, 0.2) is 23.1 Å². The normalized spacial score (nSPS) is 24.4. The van der Waals surface area contributed by atoms with E-state index >= 15 is 0 Å². The molecule has 2 fully saturated rings. The summed E-state index contributed by atoms with van der Waals surface area (Å²) in [6.45, 7) is 9.99. The first-order valence-electron chi connectivity index (χ1n) is 9.82. The average Bonchev–Trinajstić information content (AvgIpc) is 2.73. The first kappa shape index (κ1) is 18.7. The number of hydrogen-bond acceptors (Lipinski definition) is 4. The quantitative estimate of drug-likeness (QED) is 0.576. The highest BCUT2D eigenvalue weighted by Crippen LogP contribution is 2.34. The van der Waals surface area contributed by atoms with Crippen LogP contribution in [0.4, 0.5) is 5.69 Å². The minimum atomic E-state index is -0.145. The molecule has 4 rings (SSSR count). The molecular weight excluding hydrogens is 364 g/mol. The SMILES string of the molecule is CC[NH+]1CCN(C(=O)c2ccc3c(c2)NC(=O)C([NH+]2CCOCC2)S3)CC1. The summed E-state index contributed by atoms with van der Waals surface area (Å²) in [5, 5.41) is 2.88. The molecule has 1 aromatic carbocycles. The molecule has 1 atom stereocenters. The Morgan fingerprint density at radius 3 is 2.70 bits per heavy atom. The number of thioether (sulfide) groups is 1. The molecule has 2 saturated heterocycles. The molecule has 3 N–H and O–H groups in total. The van der Waals surface area contributed by atoms with E-state index < -0.39 is 0 Å². The van der Waals surface area contributed by atoms with E-state index in [1.165, 1.54) is 4.90 Å². The number of piperazine rings is 1. The van der Waals surface area contributed by atoms with Gasteiger partial charge in [-0.05, 0) is 25.1 Å². The van der Waals surface area contributed by atoms with E-state index in [1.54, 1.807) is 16.7 Å². The maximum atomic E-state index is 12.9. The van der Waals surface area contributed by atoms with E-state index in [0.717, 1.165) is 56.4 Å². The van der Waals surface area contributed by atoms with E-state index in [0.29, 0.717) is 18.8 Å². The fourth-order valence-corrected chi connectivity index (χ4v) is 5.17. The van der Waals surface area contributed by atoms with Crippen molar-refractivity contribution in [1.29, 1.82) is 0 Å². The Bertz CT molecular complexity index is 715. The maximum Gasteiger partial charge on any atom is 0.294 e. The monoisotopic (exact) mass is 392 g/mol. The second-order valence-electron chi connectivity index (χ2n) is 7.36. The van der Waals surface area contributed by atoms with Gasteiger partial charge in [0.25, 0.3) is 11.8 Å². The van der Waals surface area contributed by atoms with E-state index in [-0.39, 0.29) is 17.2 Å². The fraction of sp³-hybridized carbons (Fsp3) is 0.579. The molecule has 3 heterocycles. The highest BCUT2D eigenvalue weighted by molar-refractivity contribution is 8.00. The van der Waals surface area contributed by atoms with Gasteiger partial charge >= 0.3 is 0 Å². The molecule has 7 nitrogen and oxygen atoms in total. The number of likely N-dealkylation sites (N-methyl/N-ethyl adjacent to an activating group) is 1. The van der Waals surface area contributed by atoms with Crippen LogP contribution < -0.4 is 15.1 Å². The van der Waals surface area contributed by atoms with E-state index in [1.807, 2.05) is 23.1 Å². The Morgan fingerprint density at radius 2 is 2.00 bits per heavy atom. The van der Waals surface area contributed by atoms with Crippen LogP contribution in [-0.4, -0.2) is 81.1 Å². The minimum Gasteiger partial charge on any atom is -0.370 e. The topological polar surface area (TPSA) is 67.5 Å². The van der Waals surface area contributed by atoms with Gasteiger partial charge in [0.15, 0.2) is 0 Å². The first-order chi connectivity index (χ1) is 13.2. The smallest absolute Gasteiger partial charge is 0.294 e. The van der Waals surface area contributed by atoms with Crippen LogP contribution in [0.25, 0.3) is 0 Å². The van der Waals surface area contributed by atoms with Crippen LogP contribution in [0, 0.1) is 0 Å². The lowest BCUT2D eigenvalue weighted by Gasteiger charge is -2.33. The summed E-state index contributed by atoms with van der Waals surface area (Å²) in [4.78, 5) is 31.2. The molecule has 0 saturated carbocycles. The van der Waals surface area contributed by atoms with Crippen molar-refractivity contribution in [2.24, 2.45) is 0 Å². The van der Waals surface area contributed by atoms with Crippen LogP contribution in [-0.2, 0) is 9.53 Å². The number of carbonyl (C=O) groups is 2. The van der Waals surface area contributed by atoms with Gasteiger partial charge in [-0.3, -0.25) is 9.59 Å². The fourth-order valence-electron chi connectivity index (χ4n) is 3.97. The van der Waals surface area contributed by atoms with Gasteiger partial charge in [0, 0.05) is 10.5 Å². The minimum absolute atomic E-state index is 0.0224. The third-order valence-corrected chi connectivity index (χ3v) is 7.12. The molecule has 146 valence electrons. The number of carbonyl (C=O) groups excluding carboxylic acids is 2. The van der Waals surface area contributed by atoms with Crippen molar-refractivity contribution in [3.05, 3.63) is 23.8 Å². The zero-order valence-corrected chi connectivity index (χ0v) is 16.6. The number of fused-ring (bicyclic) bond motifs is 1. The Morgan fingerprint density at radius 1 is 1.26 bits per heavy atom. The lowest BCUT2D eigenvalue weighted by atomic mass is 10.1. The Hall–Kier alpha value is -1.61. The van der Waals surface area contributed by atoms with Crippen molar-refractivity contribution < 1.29 is 24.1 Å². The standard InChI is InChI=1S/C19H26N4O3S/c1-2-21-5-7-22(8-6-21)18(25)14-3-4-16-15(13-14)20-17(24)19(27-16)23-9-11-26-12-10-23/h3-4,13,19H,2,5-12H2,1H3,(H,20,24)/p+2. The molecule has 0 bridgehead atoms. The molecule has 2 amide bonds. The molecular formula is C19H28N4O3S+2. The van der Waals surface area contributed by atoms with Crippen molar-refractivity contribution in [2.45, 2.75) is 17.2 Å². The van der Waals surface area contributed by atoms with Gasteiger partial charge in [-0.15, -0.1) is 0 Å². The summed E-state index contributed by atoms with van der Waals surface area (Å²) in [5.74, 6) is 0.0855. The van der Waals surface area contributed by atoms with Gasteiger partial charge in [0.1, 0.15) is 13.1 Å². The highest BCUT2D eigenvalue weighted by atomic mass is 32.2. The average molecular weight is 393 g/mol. The Balaban J connectivity index is 1.46. The van der Waals surface area contributed by atoms with Crippen molar-refractivity contribution in [1.82, 2.24) is 4.90 Å². The number of anilines is 1. The molecule has 1 unspecified atom stereocenters. The zero-order chi connectivity index (χ0) is 18.8. The van der Waals surface area contributed by atoms with Crippen molar-refractivity contribution in [3.8, 4) is 0 Å². The molecule has 8 heteroatoms. The summed E-state index contributed by atoms with van der Waals surface area (Å²) in [6.07, 6.45) is 0. The van der Waals surface area contributed by atoms with Crippen molar-refractivity contribution in [3.63, 3.8) is 0 Å². The predicted octanol–water partition coefficient (Wildman–Crippen LogP) is -1.67. The van der Waals surface area contributed by atoms with Crippen LogP contribution in [0.2, 0.25) is 0 Å². The summed E-state index contributed by atoms with van der Waals surface area (Å²) in [6, 6.07) is 5.72. The lowest BCUT2D eigenvalue weighted by molar-refractivity contribution is -0.909. The predicted molar refractivity (Wildman–Crippen MR) is 103 cm³/mol. The third-order valence-electron chi connectivity index (χ3n) is 5.73. The second-order valence-corrected chi connectivity index (χ2v) is 8.51. The number of rotatable bonds is 3. The largest absolute Gasteiger partial charge is 0.370 e. The van der Waals surface area contributed by atoms with Gasteiger partial charge in [0.05, 0.1) is 51.6 Å². The molecule has 27 heavy (non-hydrogen) atoms. The molecule has 0 aromatic heterocycles. The van der Waals surface area contributed by atoms with Gasteiger partial charge in [-0.1, -0.05) is 11.8 Å². The number of nitrogens with one attached hydrogen (secondary N) is 3. The van der Waals surface area contributed by atoms with Gasteiger partial charge in [0.2, 0.25) is 5.37 Å². The number of quaternary nitrogens is 2. The van der Waals surface area contributed by atoms with Gasteiger partial charge in [-0.25, -0.2) is 0 Å². The van der Waals surface area contributed by atoms with Gasteiger partial charge in [-0.2, -0.15) is 0 Å². The summed E-state index contributed by atoms with van der Waals surface area (Å²) < 4.78 is 5.40. The zero-order valence-electron chi connectivity index (χ0n) is 15.8. The molecule has 0 spiro atoms. The number of benzene rings is 1. The molecule has 0 aliphatic carbocycles. The number of nitrogens with zero attached hydrogens (tertiary/aromatic N) is 1. The van der Waals surface area contributed by atoms with Crippen LogP contribution in [0.5, 0.6) is 0 Å². The maximum absolute atomic E-state index is 12.9. The molecule has 0 radical (unpaired) electrons. The Kier molecular flexibility index (Phi) is 5.68. The third kappa shape index (κ3) is 3.99. The number of ether oxygens (including phenoxy) is 1. The van der Waals surface area contributed by atoms with Crippen molar-refractivity contribution in [2.75, 3.05) is 64.3 Å². The van der Waals surface area contributed by atoms with Gasteiger partial charge < -0.3 is 24.8 Å². The van der Waals surface area contributed by atoms with Crippen molar-refractivity contribution >= 4 is 29.3 Å². The lowest BCUT2D eigenvalue weighted by Crippen LogP contribution is -3.18. The van der Waals surface area contributed by atoms with E-state index in [9.17, 15) is 9.59 Å². The van der Waals surface area contributed by atoms with Crippen LogP contribution >= 0.6 is 11.8 Å². The second kappa shape index (κ2) is 8.18. The number of amides is 2.